The number of aromatic nitrogens is 1. The molecule has 120 valence electrons. The zero-order chi connectivity index (χ0) is 16.1. The number of benzene rings is 1. The van der Waals surface area contributed by atoms with E-state index in [4.69, 9.17) is 9.47 Å². The van der Waals surface area contributed by atoms with Crippen LogP contribution in [0.4, 0.5) is 5.82 Å². The lowest BCUT2D eigenvalue weighted by Gasteiger charge is -2.14. The molecule has 1 aromatic heterocycles. The summed E-state index contributed by atoms with van der Waals surface area (Å²) in [6.07, 6.45) is 2.90. The first kappa shape index (κ1) is 15.5. The van der Waals surface area contributed by atoms with Gasteiger partial charge in [-0.3, -0.25) is 4.79 Å². The highest BCUT2D eigenvalue weighted by molar-refractivity contribution is 5.94. The topological polar surface area (TPSA) is 60.5 Å². The summed E-state index contributed by atoms with van der Waals surface area (Å²) in [5.41, 5.74) is 2.27. The number of pyridine rings is 1. The van der Waals surface area contributed by atoms with Gasteiger partial charge in [0.1, 0.15) is 12.7 Å². The Balaban J connectivity index is 1.68. The molecule has 1 N–H and O–H groups in total. The molecule has 1 amide bonds. The number of nitrogens with zero attached hydrogens (tertiary/aromatic N) is 1. The summed E-state index contributed by atoms with van der Waals surface area (Å²) in [6, 6.07) is 11.6. The van der Waals surface area contributed by atoms with Crippen LogP contribution in [0.3, 0.4) is 0 Å². The molecule has 5 nitrogen and oxygen atoms in total. The molecule has 1 aromatic carbocycles. The first-order valence-electron chi connectivity index (χ1n) is 7.79. The average Bonchev–Trinajstić information content (AvgIpc) is 3.10. The quantitative estimate of drug-likeness (QED) is 0.921. The van der Waals surface area contributed by atoms with Crippen molar-refractivity contribution in [2.24, 2.45) is 0 Å². The smallest absolute Gasteiger partial charge is 0.254 e. The highest BCUT2D eigenvalue weighted by atomic mass is 16.5. The zero-order valence-electron chi connectivity index (χ0n) is 13.1. The van der Waals surface area contributed by atoms with Crippen LogP contribution in [0.2, 0.25) is 0 Å². The molecule has 0 saturated carbocycles. The van der Waals surface area contributed by atoms with Crippen molar-refractivity contribution < 1.29 is 14.3 Å². The summed E-state index contributed by atoms with van der Waals surface area (Å²) in [7, 11) is 0. The maximum atomic E-state index is 12.2. The van der Waals surface area contributed by atoms with E-state index in [-0.39, 0.29) is 12.0 Å². The number of anilines is 1. The van der Waals surface area contributed by atoms with E-state index in [0.29, 0.717) is 24.8 Å². The third-order valence-electron chi connectivity index (χ3n) is 3.88. The molecule has 3 rings (SSSR count). The largest absolute Gasteiger partial charge is 0.485 e. The summed E-state index contributed by atoms with van der Waals surface area (Å²) in [6.45, 7) is 3.11. The van der Waals surface area contributed by atoms with Crippen molar-refractivity contribution in [3.8, 4) is 5.75 Å². The average molecular weight is 312 g/mol. The van der Waals surface area contributed by atoms with Gasteiger partial charge in [0.2, 0.25) is 0 Å². The van der Waals surface area contributed by atoms with E-state index in [9.17, 15) is 4.79 Å². The van der Waals surface area contributed by atoms with Crippen molar-refractivity contribution in [1.29, 1.82) is 0 Å². The molecule has 0 radical (unpaired) electrons. The number of hydrogen-bond donors (Lipinski definition) is 1. The molecular weight excluding hydrogens is 292 g/mol. The number of carbonyl (C=O) groups is 1. The van der Waals surface area contributed by atoms with Gasteiger partial charge in [-0.25, -0.2) is 4.98 Å². The first-order valence-corrected chi connectivity index (χ1v) is 7.79. The van der Waals surface area contributed by atoms with E-state index in [1.807, 2.05) is 31.2 Å². The molecule has 1 aliphatic heterocycles. The fourth-order valence-corrected chi connectivity index (χ4v) is 2.51. The summed E-state index contributed by atoms with van der Waals surface area (Å²) >= 11 is 0. The molecule has 0 aliphatic carbocycles. The van der Waals surface area contributed by atoms with Crippen LogP contribution in [0.15, 0.2) is 42.6 Å². The van der Waals surface area contributed by atoms with E-state index >= 15 is 0 Å². The van der Waals surface area contributed by atoms with Crippen LogP contribution in [-0.2, 0) is 16.1 Å². The Hall–Kier alpha value is -2.40. The van der Waals surface area contributed by atoms with E-state index in [2.05, 4.69) is 10.3 Å². The fourth-order valence-electron chi connectivity index (χ4n) is 2.51. The van der Waals surface area contributed by atoms with Crippen LogP contribution in [0, 0.1) is 6.92 Å². The SMILES string of the molecule is Cc1ccccc1COc1cccnc1NC(=O)C1CCCO1. The van der Waals surface area contributed by atoms with Crippen molar-refractivity contribution in [2.45, 2.75) is 32.5 Å². The van der Waals surface area contributed by atoms with Crippen molar-refractivity contribution >= 4 is 11.7 Å². The minimum atomic E-state index is -0.388. The van der Waals surface area contributed by atoms with Crippen molar-refractivity contribution in [2.75, 3.05) is 11.9 Å². The van der Waals surface area contributed by atoms with Crippen molar-refractivity contribution in [1.82, 2.24) is 4.98 Å². The van der Waals surface area contributed by atoms with Gasteiger partial charge in [-0.05, 0) is 43.0 Å². The first-order chi connectivity index (χ1) is 11.2. The molecule has 1 aliphatic rings. The molecule has 0 bridgehead atoms. The van der Waals surface area contributed by atoms with Gasteiger partial charge in [-0.1, -0.05) is 24.3 Å². The molecule has 5 heteroatoms. The van der Waals surface area contributed by atoms with E-state index in [0.717, 1.165) is 18.4 Å². The number of carbonyl (C=O) groups excluding carboxylic acids is 1. The molecule has 0 spiro atoms. The lowest BCUT2D eigenvalue weighted by molar-refractivity contribution is -0.124. The van der Waals surface area contributed by atoms with Crippen LogP contribution in [0.1, 0.15) is 24.0 Å². The van der Waals surface area contributed by atoms with E-state index in [1.54, 1.807) is 18.3 Å². The Labute approximate surface area is 135 Å². The zero-order valence-corrected chi connectivity index (χ0v) is 13.1. The van der Waals surface area contributed by atoms with Gasteiger partial charge in [0, 0.05) is 12.8 Å². The van der Waals surface area contributed by atoms with Crippen molar-refractivity contribution in [3.63, 3.8) is 0 Å². The summed E-state index contributed by atoms with van der Waals surface area (Å²) in [5, 5.41) is 2.80. The van der Waals surface area contributed by atoms with Crippen LogP contribution in [-0.4, -0.2) is 23.6 Å². The maximum absolute atomic E-state index is 12.2. The monoisotopic (exact) mass is 312 g/mol. The van der Waals surface area contributed by atoms with Crippen molar-refractivity contribution in [3.05, 3.63) is 53.7 Å². The Morgan fingerprint density at radius 1 is 1.35 bits per heavy atom. The number of hydrogen-bond acceptors (Lipinski definition) is 4. The number of amides is 1. The molecule has 2 heterocycles. The van der Waals surface area contributed by atoms with Crippen LogP contribution in [0.25, 0.3) is 0 Å². The Morgan fingerprint density at radius 2 is 2.22 bits per heavy atom. The lowest BCUT2D eigenvalue weighted by Crippen LogP contribution is -2.27. The standard InChI is InChI=1S/C18H20N2O3/c1-13-6-2-3-7-14(13)12-23-15-8-4-10-19-17(15)20-18(21)16-9-5-11-22-16/h2-4,6-8,10,16H,5,9,11-12H2,1H3,(H,19,20,21). The minimum absolute atomic E-state index is 0.165. The van der Waals surface area contributed by atoms with Crippen LogP contribution < -0.4 is 10.1 Å². The van der Waals surface area contributed by atoms with E-state index in [1.165, 1.54) is 5.56 Å². The van der Waals surface area contributed by atoms with Gasteiger partial charge < -0.3 is 14.8 Å². The summed E-state index contributed by atoms with van der Waals surface area (Å²) in [5.74, 6) is 0.825. The third kappa shape index (κ3) is 3.87. The molecule has 1 atom stereocenters. The van der Waals surface area contributed by atoms with E-state index < -0.39 is 0 Å². The number of rotatable bonds is 5. The molecule has 2 aromatic rings. The molecule has 1 fully saturated rings. The van der Waals surface area contributed by atoms with Gasteiger partial charge in [-0.15, -0.1) is 0 Å². The maximum Gasteiger partial charge on any atom is 0.254 e. The van der Waals surface area contributed by atoms with Crippen LogP contribution >= 0.6 is 0 Å². The Bertz CT molecular complexity index is 681. The molecular formula is C18H20N2O3. The van der Waals surface area contributed by atoms with Crippen LogP contribution in [0.5, 0.6) is 5.75 Å². The van der Waals surface area contributed by atoms with Gasteiger partial charge in [0.25, 0.3) is 5.91 Å². The lowest BCUT2D eigenvalue weighted by atomic mass is 10.1. The second-order valence-electron chi connectivity index (χ2n) is 5.56. The number of ether oxygens (including phenoxy) is 2. The molecule has 23 heavy (non-hydrogen) atoms. The van der Waals surface area contributed by atoms with Gasteiger partial charge >= 0.3 is 0 Å². The third-order valence-corrected chi connectivity index (χ3v) is 3.88. The second-order valence-corrected chi connectivity index (χ2v) is 5.56. The number of aryl methyl sites for hydroxylation is 1. The van der Waals surface area contributed by atoms with Gasteiger partial charge in [0.05, 0.1) is 0 Å². The second kappa shape index (κ2) is 7.24. The summed E-state index contributed by atoms with van der Waals surface area (Å²) in [4.78, 5) is 16.4. The Morgan fingerprint density at radius 3 is 3.00 bits per heavy atom. The van der Waals surface area contributed by atoms with Gasteiger partial charge in [0.15, 0.2) is 11.6 Å². The summed E-state index contributed by atoms with van der Waals surface area (Å²) < 4.78 is 11.2. The predicted octanol–water partition coefficient (Wildman–Crippen LogP) is 3.09. The highest BCUT2D eigenvalue weighted by Gasteiger charge is 2.24. The number of nitrogens with one attached hydrogen (secondary N) is 1. The molecule has 1 saturated heterocycles. The van der Waals surface area contributed by atoms with Gasteiger partial charge in [-0.2, -0.15) is 0 Å². The highest BCUT2D eigenvalue weighted by Crippen LogP contribution is 2.24. The molecule has 1 unspecified atom stereocenters. The Kier molecular flexibility index (Phi) is 4.88. The minimum Gasteiger partial charge on any atom is -0.485 e. The predicted molar refractivity (Wildman–Crippen MR) is 87.4 cm³/mol. The fraction of sp³-hybridized carbons (Fsp3) is 0.333. The normalized spacial score (nSPS) is 17.0.